The average molecular weight is 289 g/mol. The fourth-order valence-electron chi connectivity index (χ4n) is 2.51. The molecule has 0 bridgehead atoms. The molecule has 1 aromatic heterocycles. The Hall–Kier alpha value is -1.88. The quantitative estimate of drug-likeness (QED) is 0.851. The van der Waals surface area contributed by atoms with Crippen LogP contribution in [0.1, 0.15) is 35.9 Å². The number of carboxylic acid groups (broad SMARTS) is 1. The molecule has 0 saturated carbocycles. The summed E-state index contributed by atoms with van der Waals surface area (Å²) < 4.78 is 2.18. The number of hydrogen-bond donors (Lipinski definition) is 1. The van der Waals surface area contributed by atoms with Crippen molar-refractivity contribution in [2.24, 2.45) is 0 Å². The Balaban J connectivity index is 2.38. The van der Waals surface area contributed by atoms with Crippen molar-refractivity contribution in [2.45, 2.75) is 32.7 Å². The van der Waals surface area contributed by atoms with E-state index in [1.165, 1.54) is 0 Å². The van der Waals surface area contributed by atoms with Gasteiger partial charge in [-0.05, 0) is 51.7 Å². The predicted octanol–water partition coefficient (Wildman–Crippen LogP) is 2.64. The first-order chi connectivity index (χ1) is 10.0. The highest BCUT2D eigenvalue weighted by Crippen LogP contribution is 2.20. The van der Waals surface area contributed by atoms with Gasteiger partial charge in [-0.15, -0.1) is 0 Å². The second-order valence-corrected chi connectivity index (χ2v) is 5.60. The maximum Gasteiger partial charge on any atom is 0.335 e. The molecule has 0 amide bonds. The first-order valence-corrected chi connectivity index (χ1v) is 7.40. The minimum atomic E-state index is -0.894. The molecule has 0 spiro atoms. The van der Waals surface area contributed by atoms with Gasteiger partial charge >= 0.3 is 5.97 Å². The van der Waals surface area contributed by atoms with Crippen LogP contribution in [-0.4, -0.2) is 46.2 Å². The standard InChI is InChI=1S/C16H23N3O2/c1-4-6-15-17-13-8-7-12(16(20)21)11-14(13)19(15)10-5-9-18(2)3/h7-8,11H,4-6,9-10H2,1-3H3,(H,20,21). The number of rotatable bonds is 7. The third-order valence-electron chi connectivity index (χ3n) is 3.53. The molecule has 114 valence electrons. The number of carbonyl (C=O) groups is 1. The zero-order chi connectivity index (χ0) is 15.4. The van der Waals surface area contributed by atoms with Gasteiger partial charge in [-0.3, -0.25) is 0 Å². The molecule has 0 aliphatic rings. The van der Waals surface area contributed by atoms with E-state index in [4.69, 9.17) is 5.11 Å². The van der Waals surface area contributed by atoms with E-state index in [2.05, 4.69) is 35.5 Å². The fraction of sp³-hybridized carbons (Fsp3) is 0.500. The van der Waals surface area contributed by atoms with E-state index in [1.54, 1.807) is 18.2 Å². The summed E-state index contributed by atoms with van der Waals surface area (Å²) in [7, 11) is 4.11. The van der Waals surface area contributed by atoms with Crippen molar-refractivity contribution in [3.05, 3.63) is 29.6 Å². The lowest BCUT2D eigenvalue weighted by Crippen LogP contribution is -2.16. The third kappa shape index (κ3) is 3.61. The number of carboxylic acids is 1. The zero-order valence-corrected chi connectivity index (χ0v) is 13.0. The van der Waals surface area contributed by atoms with E-state index >= 15 is 0 Å². The lowest BCUT2D eigenvalue weighted by atomic mass is 10.2. The van der Waals surface area contributed by atoms with E-state index in [9.17, 15) is 4.79 Å². The SMILES string of the molecule is CCCc1nc2ccc(C(=O)O)cc2n1CCCN(C)C. The van der Waals surface area contributed by atoms with Crippen LogP contribution in [-0.2, 0) is 13.0 Å². The first kappa shape index (κ1) is 15.5. The first-order valence-electron chi connectivity index (χ1n) is 7.40. The Morgan fingerprint density at radius 1 is 1.38 bits per heavy atom. The molecule has 5 nitrogen and oxygen atoms in total. The molecule has 0 aliphatic heterocycles. The summed E-state index contributed by atoms with van der Waals surface area (Å²) >= 11 is 0. The maximum atomic E-state index is 11.2. The number of aromatic carboxylic acids is 1. The minimum Gasteiger partial charge on any atom is -0.478 e. The minimum absolute atomic E-state index is 0.319. The average Bonchev–Trinajstić information content (AvgIpc) is 2.76. The van der Waals surface area contributed by atoms with Gasteiger partial charge in [0.15, 0.2) is 0 Å². The number of aromatic nitrogens is 2. The molecule has 2 rings (SSSR count). The monoisotopic (exact) mass is 289 g/mol. The number of aryl methyl sites for hydroxylation is 2. The molecule has 0 unspecified atom stereocenters. The van der Waals surface area contributed by atoms with Crippen molar-refractivity contribution < 1.29 is 9.90 Å². The Labute approximate surface area is 125 Å². The summed E-state index contributed by atoms with van der Waals surface area (Å²) in [6.07, 6.45) is 2.97. The van der Waals surface area contributed by atoms with Crippen molar-refractivity contribution >= 4 is 17.0 Å². The molecular weight excluding hydrogens is 266 g/mol. The normalized spacial score (nSPS) is 11.4. The van der Waals surface area contributed by atoms with Crippen LogP contribution in [0.5, 0.6) is 0 Å². The molecule has 21 heavy (non-hydrogen) atoms. The number of fused-ring (bicyclic) bond motifs is 1. The molecular formula is C16H23N3O2. The topological polar surface area (TPSA) is 58.4 Å². The van der Waals surface area contributed by atoms with Crippen LogP contribution in [0.2, 0.25) is 0 Å². The molecule has 0 atom stereocenters. The van der Waals surface area contributed by atoms with Crippen molar-refractivity contribution in [2.75, 3.05) is 20.6 Å². The van der Waals surface area contributed by atoms with Crippen molar-refractivity contribution in [1.29, 1.82) is 0 Å². The molecule has 5 heteroatoms. The second-order valence-electron chi connectivity index (χ2n) is 5.60. The lowest BCUT2D eigenvalue weighted by Gasteiger charge is -2.12. The highest BCUT2D eigenvalue weighted by molar-refractivity contribution is 5.92. The summed E-state index contributed by atoms with van der Waals surface area (Å²) in [6, 6.07) is 5.16. The molecule has 0 saturated heterocycles. The van der Waals surface area contributed by atoms with Gasteiger partial charge < -0.3 is 14.6 Å². The van der Waals surface area contributed by atoms with Crippen LogP contribution in [0.3, 0.4) is 0 Å². The van der Waals surface area contributed by atoms with Crippen LogP contribution in [0.4, 0.5) is 0 Å². The van der Waals surface area contributed by atoms with E-state index in [-0.39, 0.29) is 0 Å². The number of hydrogen-bond acceptors (Lipinski definition) is 3. The van der Waals surface area contributed by atoms with Crippen LogP contribution < -0.4 is 0 Å². The summed E-state index contributed by atoms with van der Waals surface area (Å²) in [4.78, 5) is 18.0. The lowest BCUT2D eigenvalue weighted by molar-refractivity contribution is 0.0697. The largest absolute Gasteiger partial charge is 0.478 e. The van der Waals surface area contributed by atoms with Crippen molar-refractivity contribution in [3.8, 4) is 0 Å². The Morgan fingerprint density at radius 2 is 2.14 bits per heavy atom. The Morgan fingerprint density at radius 3 is 2.76 bits per heavy atom. The van der Waals surface area contributed by atoms with Gasteiger partial charge in [-0.2, -0.15) is 0 Å². The summed E-state index contributed by atoms with van der Waals surface area (Å²) in [5, 5.41) is 9.16. The van der Waals surface area contributed by atoms with Crippen molar-refractivity contribution in [3.63, 3.8) is 0 Å². The number of nitrogens with zero attached hydrogens (tertiary/aromatic N) is 3. The molecule has 0 radical (unpaired) electrons. The van der Waals surface area contributed by atoms with Gasteiger partial charge in [-0.25, -0.2) is 9.78 Å². The number of benzene rings is 1. The number of imidazole rings is 1. The molecule has 1 heterocycles. The van der Waals surface area contributed by atoms with Gasteiger partial charge in [0.25, 0.3) is 0 Å². The summed E-state index contributed by atoms with van der Waals surface area (Å²) in [6.45, 7) is 4.00. The van der Waals surface area contributed by atoms with Gasteiger partial charge in [0.2, 0.25) is 0 Å². The zero-order valence-electron chi connectivity index (χ0n) is 13.0. The van der Waals surface area contributed by atoms with Gasteiger partial charge in [0, 0.05) is 13.0 Å². The summed E-state index contributed by atoms with van der Waals surface area (Å²) in [5.74, 6) is 0.156. The maximum absolute atomic E-state index is 11.2. The second kappa shape index (κ2) is 6.72. The molecule has 0 aliphatic carbocycles. The fourth-order valence-corrected chi connectivity index (χ4v) is 2.51. The van der Waals surface area contributed by atoms with E-state index < -0.39 is 5.97 Å². The Bertz CT molecular complexity index is 632. The van der Waals surface area contributed by atoms with E-state index in [0.29, 0.717) is 5.56 Å². The van der Waals surface area contributed by atoms with Crippen molar-refractivity contribution in [1.82, 2.24) is 14.5 Å². The molecule has 2 aromatic rings. The van der Waals surface area contributed by atoms with E-state index in [0.717, 1.165) is 49.2 Å². The van der Waals surface area contributed by atoms with Gasteiger partial charge in [0.1, 0.15) is 5.82 Å². The predicted molar refractivity (Wildman–Crippen MR) is 83.9 cm³/mol. The highest BCUT2D eigenvalue weighted by Gasteiger charge is 2.12. The summed E-state index contributed by atoms with van der Waals surface area (Å²) in [5.41, 5.74) is 2.13. The van der Waals surface area contributed by atoms with Crippen LogP contribution in [0.25, 0.3) is 11.0 Å². The Kier molecular flexibility index (Phi) is 4.96. The van der Waals surface area contributed by atoms with Crippen LogP contribution >= 0.6 is 0 Å². The molecule has 0 fully saturated rings. The van der Waals surface area contributed by atoms with E-state index in [1.807, 2.05) is 0 Å². The van der Waals surface area contributed by atoms with Crippen LogP contribution in [0, 0.1) is 0 Å². The third-order valence-corrected chi connectivity index (χ3v) is 3.53. The highest BCUT2D eigenvalue weighted by atomic mass is 16.4. The van der Waals surface area contributed by atoms with Gasteiger partial charge in [-0.1, -0.05) is 6.92 Å². The van der Waals surface area contributed by atoms with Gasteiger partial charge in [0.05, 0.1) is 16.6 Å². The smallest absolute Gasteiger partial charge is 0.335 e. The van der Waals surface area contributed by atoms with Crippen LogP contribution in [0.15, 0.2) is 18.2 Å². The molecule has 1 N–H and O–H groups in total. The molecule has 1 aromatic carbocycles.